The monoisotopic (exact) mass is 208 g/mol. The highest BCUT2D eigenvalue weighted by Gasteiger charge is 2.16. The summed E-state index contributed by atoms with van der Waals surface area (Å²) in [7, 11) is 0. The second-order valence-corrected chi connectivity index (χ2v) is 3.16. The molecule has 1 aliphatic heterocycles. The molecule has 0 saturated carbocycles. The number of anilines is 1. The molecule has 0 spiro atoms. The van der Waals surface area contributed by atoms with Gasteiger partial charge in [0.1, 0.15) is 5.75 Å². The second-order valence-electron chi connectivity index (χ2n) is 3.16. The molecule has 6 heteroatoms. The third-order valence-electron chi connectivity index (χ3n) is 2.00. The molecule has 5 N–H and O–H groups in total. The van der Waals surface area contributed by atoms with E-state index >= 15 is 0 Å². The van der Waals surface area contributed by atoms with Crippen LogP contribution in [0.3, 0.4) is 0 Å². The zero-order chi connectivity index (χ0) is 10.7. The Balaban J connectivity index is 2.02. The number of phenols is 1. The fourth-order valence-corrected chi connectivity index (χ4v) is 1.30. The molecule has 1 aliphatic rings. The van der Waals surface area contributed by atoms with Gasteiger partial charge in [-0.2, -0.15) is 0 Å². The van der Waals surface area contributed by atoms with Crippen molar-refractivity contribution in [1.82, 2.24) is 16.2 Å². The van der Waals surface area contributed by atoms with E-state index < -0.39 is 6.29 Å². The Hall–Kier alpha value is -1.79. The van der Waals surface area contributed by atoms with Crippen molar-refractivity contribution < 1.29 is 9.90 Å². The van der Waals surface area contributed by atoms with Crippen molar-refractivity contribution >= 4 is 11.6 Å². The fraction of sp³-hybridized carbons (Fsp3) is 0.222. The minimum Gasteiger partial charge on any atom is -0.506 e. The number of carbonyl (C=O) groups excluding carboxylic acids is 1. The van der Waals surface area contributed by atoms with Crippen molar-refractivity contribution in [2.75, 3.05) is 11.9 Å². The van der Waals surface area contributed by atoms with Gasteiger partial charge in [-0.3, -0.25) is 4.79 Å². The zero-order valence-corrected chi connectivity index (χ0v) is 7.95. The van der Waals surface area contributed by atoms with E-state index in [1.54, 1.807) is 24.3 Å². The van der Waals surface area contributed by atoms with Crippen LogP contribution in [0.25, 0.3) is 0 Å². The van der Waals surface area contributed by atoms with Crippen LogP contribution in [0.15, 0.2) is 24.3 Å². The molecule has 1 heterocycles. The minimum absolute atomic E-state index is 0.110. The van der Waals surface area contributed by atoms with E-state index in [0.717, 1.165) is 0 Å². The summed E-state index contributed by atoms with van der Waals surface area (Å²) >= 11 is 0. The van der Waals surface area contributed by atoms with Gasteiger partial charge in [-0.25, -0.2) is 10.9 Å². The number of phenolic OH excluding ortho intramolecular Hbond substituents is 1. The summed E-state index contributed by atoms with van der Waals surface area (Å²) in [4.78, 5) is 11.0. The third-order valence-corrected chi connectivity index (χ3v) is 2.00. The number of hydrogen-bond acceptors (Lipinski definition) is 5. The van der Waals surface area contributed by atoms with Gasteiger partial charge in [-0.1, -0.05) is 12.1 Å². The first-order chi connectivity index (χ1) is 7.25. The van der Waals surface area contributed by atoms with Gasteiger partial charge in [0.25, 0.3) is 0 Å². The van der Waals surface area contributed by atoms with Gasteiger partial charge in [0, 0.05) is 0 Å². The molecule has 0 radical (unpaired) electrons. The molecule has 1 atom stereocenters. The highest BCUT2D eigenvalue weighted by molar-refractivity contribution is 5.79. The molecule has 0 bridgehead atoms. The number of carbonyl (C=O) groups is 1. The number of rotatable bonds is 2. The van der Waals surface area contributed by atoms with Crippen LogP contribution in [0.2, 0.25) is 0 Å². The summed E-state index contributed by atoms with van der Waals surface area (Å²) in [6.45, 7) is 0.235. The Kier molecular flexibility index (Phi) is 2.70. The van der Waals surface area contributed by atoms with Crippen molar-refractivity contribution in [3.8, 4) is 5.75 Å². The molecular formula is C9H12N4O2. The van der Waals surface area contributed by atoms with Crippen molar-refractivity contribution in [3.05, 3.63) is 24.3 Å². The van der Waals surface area contributed by atoms with E-state index in [0.29, 0.717) is 5.69 Å². The molecule has 1 unspecified atom stereocenters. The molecule has 15 heavy (non-hydrogen) atoms. The number of hydrazine groups is 1. The van der Waals surface area contributed by atoms with Crippen LogP contribution in [0.4, 0.5) is 5.69 Å². The molecule has 1 fully saturated rings. The second kappa shape index (κ2) is 4.16. The predicted octanol–water partition coefficient (Wildman–Crippen LogP) is -0.688. The molecule has 0 aliphatic carbocycles. The molecule has 1 amide bonds. The molecule has 6 nitrogen and oxygen atoms in total. The zero-order valence-electron chi connectivity index (χ0n) is 7.95. The standard InChI is InChI=1S/C9H12N4O2/c14-7-4-2-1-3-6(7)11-9-12-8(15)5-10-13-9/h1-4,9-11,13-14H,5H2,(H,12,15). The number of benzene rings is 1. The molecule has 0 aromatic heterocycles. The molecule has 1 saturated heterocycles. The summed E-state index contributed by atoms with van der Waals surface area (Å²) in [5.41, 5.74) is 6.09. The van der Waals surface area contributed by atoms with Crippen LogP contribution in [0.1, 0.15) is 0 Å². The first kappa shape index (κ1) is 9.75. The highest BCUT2D eigenvalue weighted by atomic mass is 16.3. The van der Waals surface area contributed by atoms with Crippen molar-refractivity contribution in [2.45, 2.75) is 6.29 Å². The largest absolute Gasteiger partial charge is 0.506 e. The molecule has 80 valence electrons. The average molecular weight is 208 g/mol. The van der Waals surface area contributed by atoms with E-state index in [1.165, 1.54) is 0 Å². The maximum atomic E-state index is 11.0. The van der Waals surface area contributed by atoms with Crippen LogP contribution in [0, 0.1) is 0 Å². The Morgan fingerprint density at radius 1 is 1.40 bits per heavy atom. The lowest BCUT2D eigenvalue weighted by molar-refractivity contribution is -0.122. The van der Waals surface area contributed by atoms with Crippen LogP contribution in [-0.2, 0) is 4.79 Å². The van der Waals surface area contributed by atoms with Crippen LogP contribution >= 0.6 is 0 Å². The number of nitrogens with one attached hydrogen (secondary N) is 4. The van der Waals surface area contributed by atoms with Crippen molar-refractivity contribution in [2.24, 2.45) is 0 Å². The molecular weight excluding hydrogens is 196 g/mol. The smallest absolute Gasteiger partial charge is 0.237 e. The Morgan fingerprint density at radius 3 is 2.93 bits per heavy atom. The van der Waals surface area contributed by atoms with Gasteiger partial charge < -0.3 is 15.7 Å². The normalized spacial score (nSPS) is 20.8. The van der Waals surface area contributed by atoms with Crippen molar-refractivity contribution in [3.63, 3.8) is 0 Å². The molecule has 1 aromatic rings. The van der Waals surface area contributed by atoms with Crippen LogP contribution in [0.5, 0.6) is 5.75 Å². The first-order valence-electron chi connectivity index (χ1n) is 4.58. The lowest BCUT2D eigenvalue weighted by atomic mass is 10.3. The van der Waals surface area contributed by atoms with Crippen molar-refractivity contribution in [1.29, 1.82) is 0 Å². The average Bonchev–Trinajstić information content (AvgIpc) is 2.22. The quantitative estimate of drug-likeness (QED) is 0.415. The highest BCUT2D eigenvalue weighted by Crippen LogP contribution is 2.21. The minimum atomic E-state index is -0.431. The van der Waals surface area contributed by atoms with Gasteiger partial charge in [-0.15, -0.1) is 0 Å². The van der Waals surface area contributed by atoms with Gasteiger partial charge in [0.2, 0.25) is 5.91 Å². The first-order valence-corrected chi connectivity index (χ1v) is 4.58. The van der Waals surface area contributed by atoms with Gasteiger partial charge >= 0.3 is 0 Å². The van der Waals surface area contributed by atoms with Crippen LogP contribution in [-0.4, -0.2) is 23.8 Å². The number of aromatic hydroxyl groups is 1. The van der Waals surface area contributed by atoms with E-state index in [4.69, 9.17) is 0 Å². The number of para-hydroxylation sites is 2. The van der Waals surface area contributed by atoms with Gasteiger partial charge in [0.15, 0.2) is 6.29 Å². The molecule has 1 aromatic carbocycles. The van der Waals surface area contributed by atoms with E-state index in [2.05, 4.69) is 21.5 Å². The summed E-state index contributed by atoms with van der Waals surface area (Å²) in [6.07, 6.45) is -0.431. The van der Waals surface area contributed by atoms with E-state index in [9.17, 15) is 9.90 Å². The Bertz CT molecular complexity index is 369. The van der Waals surface area contributed by atoms with E-state index in [1.807, 2.05) is 0 Å². The Labute approximate surface area is 86.6 Å². The lowest BCUT2D eigenvalue weighted by Gasteiger charge is -2.27. The number of amides is 1. The SMILES string of the molecule is O=C1CNNC(Nc2ccccc2O)N1. The topological polar surface area (TPSA) is 85.4 Å². The predicted molar refractivity (Wildman–Crippen MR) is 54.8 cm³/mol. The number of hydrogen-bond donors (Lipinski definition) is 5. The van der Waals surface area contributed by atoms with Crippen LogP contribution < -0.4 is 21.5 Å². The third kappa shape index (κ3) is 2.36. The van der Waals surface area contributed by atoms with Gasteiger partial charge in [-0.05, 0) is 12.1 Å². The van der Waals surface area contributed by atoms with E-state index in [-0.39, 0.29) is 18.2 Å². The Morgan fingerprint density at radius 2 is 2.20 bits per heavy atom. The fourth-order valence-electron chi connectivity index (χ4n) is 1.30. The lowest BCUT2D eigenvalue weighted by Crippen LogP contribution is -2.63. The maximum Gasteiger partial charge on any atom is 0.237 e. The molecule has 2 rings (SSSR count). The maximum absolute atomic E-state index is 11.0. The summed E-state index contributed by atoms with van der Waals surface area (Å²) < 4.78 is 0. The summed E-state index contributed by atoms with van der Waals surface area (Å²) in [6, 6.07) is 6.81. The summed E-state index contributed by atoms with van der Waals surface area (Å²) in [5, 5.41) is 15.1. The summed E-state index contributed by atoms with van der Waals surface area (Å²) in [5.74, 6) is 0.0285. The van der Waals surface area contributed by atoms with Gasteiger partial charge in [0.05, 0.1) is 12.2 Å².